The number of halogens is 4. The van der Waals surface area contributed by atoms with E-state index in [1.165, 1.54) is 6.07 Å². The van der Waals surface area contributed by atoms with E-state index in [1.807, 2.05) is 14.1 Å². The molecule has 1 aromatic carbocycles. The zero-order valence-corrected chi connectivity index (χ0v) is 13.0. The Hall–Kier alpha value is -0.0600. The Morgan fingerprint density at radius 2 is 1.94 bits per heavy atom. The van der Waals surface area contributed by atoms with Crippen LogP contribution in [0.25, 0.3) is 0 Å². The Morgan fingerprint density at radius 1 is 1.28 bits per heavy atom. The molecule has 0 aromatic heterocycles. The molecule has 2 nitrogen and oxygen atoms in total. The molecule has 18 heavy (non-hydrogen) atoms. The van der Waals surface area contributed by atoms with E-state index in [9.17, 15) is 4.39 Å². The monoisotopic (exact) mass is 316 g/mol. The van der Waals surface area contributed by atoms with Crippen LogP contribution < -0.4 is 5.32 Å². The van der Waals surface area contributed by atoms with Crippen molar-refractivity contribution in [3.63, 3.8) is 0 Å². The number of nitrogens with one attached hydrogen (secondary N) is 1. The predicted octanol–water partition coefficient (Wildman–Crippen LogP) is 3.36. The Balaban J connectivity index is 0. The average Bonchev–Trinajstić information content (AvgIpc) is 2.21. The van der Waals surface area contributed by atoms with Gasteiger partial charge >= 0.3 is 0 Å². The Kier molecular flexibility index (Phi) is 12.2. The second-order valence-electron chi connectivity index (χ2n) is 4.03. The molecule has 0 saturated heterocycles. The molecule has 0 fully saturated rings. The van der Waals surface area contributed by atoms with Crippen molar-refractivity contribution in [2.75, 3.05) is 27.2 Å². The molecule has 0 saturated carbocycles. The number of hydrogen-bond acceptors (Lipinski definition) is 2. The van der Waals surface area contributed by atoms with Gasteiger partial charge in [0, 0.05) is 17.1 Å². The largest absolute Gasteiger partial charge is 0.312 e. The SMILES string of the molecule is CN(C)CCCNCc1c(F)cccc1Cl.Cl.Cl. The van der Waals surface area contributed by atoms with Crippen LogP contribution in [-0.2, 0) is 6.54 Å². The summed E-state index contributed by atoms with van der Waals surface area (Å²) in [6.07, 6.45) is 1.04. The van der Waals surface area contributed by atoms with Crippen molar-refractivity contribution < 1.29 is 4.39 Å². The second kappa shape index (κ2) is 10.8. The number of rotatable bonds is 6. The smallest absolute Gasteiger partial charge is 0.129 e. The predicted molar refractivity (Wildman–Crippen MR) is 80.8 cm³/mol. The fraction of sp³-hybridized carbons (Fsp3) is 0.500. The third kappa shape index (κ3) is 7.39. The van der Waals surface area contributed by atoms with Crippen LogP contribution in [0.5, 0.6) is 0 Å². The summed E-state index contributed by atoms with van der Waals surface area (Å²) in [5, 5.41) is 3.67. The van der Waals surface area contributed by atoms with Crippen LogP contribution in [0.3, 0.4) is 0 Å². The molecule has 1 rings (SSSR count). The van der Waals surface area contributed by atoms with Crippen molar-refractivity contribution >= 4 is 36.4 Å². The van der Waals surface area contributed by atoms with Gasteiger partial charge in [-0.2, -0.15) is 0 Å². The Bertz CT molecular complexity index is 315. The van der Waals surface area contributed by atoms with E-state index in [4.69, 9.17) is 11.6 Å². The maximum Gasteiger partial charge on any atom is 0.129 e. The van der Waals surface area contributed by atoms with Crippen molar-refractivity contribution in [3.05, 3.63) is 34.6 Å². The van der Waals surface area contributed by atoms with Crippen LogP contribution >= 0.6 is 36.4 Å². The summed E-state index contributed by atoms with van der Waals surface area (Å²) in [5.41, 5.74) is 0.550. The summed E-state index contributed by atoms with van der Waals surface area (Å²) in [6.45, 7) is 2.37. The number of benzene rings is 1. The molecule has 0 atom stereocenters. The van der Waals surface area contributed by atoms with Crippen LogP contribution in [0.2, 0.25) is 5.02 Å². The first-order chi connectivity index (χ1) is 7.61. The highest BCUT2D eigenvalue weighted by Gasteiger charge is 2.05. The summed E-state index contributed by atoms with van der Waals surface area (Å²) in [7, 11) is 4.07. The Labute approximate surface area is 126 Å². The maximum atomic E-state index is 13.4. The van der Waals surface area contributed by atoms with Crippen LogP contribution in [0.4, 0.5) is 4.39 Å². The molecular weight excluding hydrogens is 298 g/mol. The van der Waals surface area contributed by atoms with E-state index < -0.39 is 0 Å². The minimum Gasteiger partial charge on any atom is -0.312 e. The molecule has 0 unspecified atom stereocenters. The van der Waals surface area contributed by atoms with Gasteiger partial charge in [-0.15, -0.1) is 24.8 Å². The third-order valence-electron chi connectivity index (χ3n) is 2.32. The number of nitrogens with zero attached hydrogens (tertiary/aromatic N) is 1. The van der Waals surface area contributed by atoms with Gasteiger partial charge in [-0.25, -0.2) is 4.39 Å². The molecule has 0 aliphatic rings. The summed E-state index contributed by atoms with van der Waals surface area (Å²) in [4.78, 5) is 2.12. The van der Waals surface area contributed by atoms with Gasteiger partial charge in [0.25, 0.3) is 0 Å². The summed E-state index contributed by atoms with van der Waals surface area (Å²) in [5.74, 6) is -0.243. The molecular formula is C12H20Cl3FN2. The third-order valence-corrected chi connectivity index (χ3v) is 2.68. The quantitative estimate of drug-likeness (QED) is 0.809. The fourth-order valence-electron chi connectivity index (χ4n) is 1.43. The first kappa shape index (κ1) is 20.3. The van der Waals surface area contributed by atoms with Crippen molar-refractivity contribution in [1.82, 2.24) is 10.2 Å². The molecule has 0 amide bonds. The second-order valence-corrected chi connectivity index (χ2v) is 4.44. The average molecular weight is 318 g/mol. The molecule has 0 radical (unpaired) electrons. The lowest BCUT2D eigenvalue weighted by Gasteiger charge is -2.10. The van der Waals surface area contributed by atoms with Gasteiger partial charge in [0.05, 0.1) is 0 Å². The van der Waals surface area contributed by atoms with Crippen LogP contribution in [0.15, 0.2) is 18.2 Å². The van der Waals surface area contributed by atoms with E-state index in [-0.39, 0.29) is 30.6 Å². The summed E-state index contributed by atoms with van der Waals surface area (Å²) in [6, 6.07) is 4.76. The molecule has 106 valence electrons. The minimum atomic E-state index is -0.243. The van der Waals surface area contributed by atoms with Crippen LogP contribution in [0.1, 0.15) is 12.0 Å². The molecule has 0 spiro atoms. The first-order valence-corrected chi connectivity index (χ1v) is 5.77. The van der Waals surface area contributed by atoms with Crippen molar-refractivity contribution in [1.29, 1.82) is 0 Å². The highest BCUT2D eigenvalue weighted by molar-refractivity contribution is 6.31. The first-order valence-electron chi connectivity index (χ1n) is 5.39. The lowest BCUT2D eigenvalue weighted by molar-refractivity contribution is 0.394. The molecule has 6 heteroatoms. The van der Waals surface area contributed by atoms with E-state index in [0.29, 0.717) is 17.1 Å². The van der Waals surface area contributed by atoms with E-state index in [2.05, 4.69) is 10.2 Å². The molecule has 0 aliphatic heterocycles. The zero-order chi connectivity index (χ0) is 12.0. The van der Waals surface area contributed by atoms with Crippen LogP contribution in [-0.4, -0.2) is 32.1 Å². The molecule has 0 bridgehead atoms. The van der Waals surface area contributed by atoms with Crippen molar-refractivity contribution in [2.45, 2.75) is 13.0 Å². The topological polar surface area (TPSA) is 15.3 Å². The van der Waals surface area contributed by atoms with Gasteiger partial charge in [-0.1, -0.05) is 17.7 Å². The molecule has 1 N–H and O–H groups in total. The van der Waals surface area contributed by atoms with Gasteiger partial charge in [0.15, 0.2) is 0 Å². The summed E-state index contributed by atoms with van der Waals surface area (Å²) < 4.78 is 13.4. The number of hydrogen-bond donors (Lipinski definition) is 1. The standard InChI is InChI=1S/C12H18ClFN2.2ClH/c1-16(2)8-4-7-15-9-10-11(13)5-3-6-12(10)14;;/h3,5-6,15H,4,7-9H2,1-2H3;2*1H. The lowest BCUT2D eigenvalue weighted by Crippen LogP contribution is -2.21. The Morgan fingerprint density at radius 3 is 2.50 bits per heavy atom. The zero-order valence-electron chi connectivity index (χ0n) is 10.6. The molecule has 1 aromatic rings. The van der Waals surface area contributed by atoms with E-state index in [1.54, 1.807) is 12.1 Å². The van der Waals surface area contributed by atoms with Gasteiger partial charge in [-0.05, 0) is 45.7 Å². The van der Waals surface area contributed by atoms with Crippen LogP contribution in [0, 0.1) is 5.82 Å². The highest BCUT2D eigenvalue weighted by Crippen LogP contribution is 2.18. The van der Waals surface area contributed by atoms with E-state index in [0.717, 1.165) is 19.5 Å². The van der Waals surface area contributed by atoms with Gasteiger partial charge in [0.2, 0.25) is 0 Å². The maximum absolute atomic E-state index is 13.4. The highest BCUT2D eigenvalue weighted by atomic mass is 35.5. The molecule has 0 aliphatic carbocycles. The van der Waals surface area contributed by atoms with E-state index >= 15 is 0 Å². The van der Waals surface area contributed by atoms with Crippen molar-refractivity contribution in [3.8, 4) is 0 Å². The fourth-order valence-corrected chi connectivity index (χ4v) is 1.66. The molecule has 0 heterocycles. The van der Waals surface area contributed by atoms with Gasteiger partial charge in [-0.3, -0.25) is 0 Å². The lowest BCUT2D eigenvalue weighted by atomic mass is 10.2. The van der Waals surface area contributed by atoms with Gasteiger partial charge < -0.3 is 10.2 Å². The van der Waals surface area contributed by atoms with Crippen molar-refractivity contribution in [2.24, 2.45) is 0 Å². The normalized spacial score (nSPS) is 9.83. The minimum absolute atomic E-state index is 0. The van der Waals surface area contributed by atoms with Gasteiger partial charge in [0.1, 0.15) is 5.82 Å². The summed E-state index contributed by atoms with van der Waals surface area (Å²) >= 11 is 5.90.